The van der Waals surface area contributed by atoms with E-state index in [0.29, 0.717) is 10.7 Å². The van der Waals surface area contributed by atoms with Gasteiger partial charge in [-0.25, -0.2) is 0 Å². The highest BCUT2D eigenvalue weighted by Gasteiger charge is 2.40. The number of carbonyl (C=O) groups is 1. The van der Waals surface area contributed by atoms with Gasteiger partial charge in [-0.3, -0.25) is 9.69 Å². The van der Waals surface area contributed by atoms with Gasteiger partial charge in [-0.05, 0) is 30.1 Å². The van der Waals surface area contributed by atoms with Gasteiger partial charge in [0.05, 0.1) is 18.6 Å². The van der Waals surface area contributed by atoms with Crippen LogP contribution in [-0.2, 0) is 15.6 Å². The summed E-state index contributed by atoms with van der Waals surface area (Å²) in [5.41, 5.74) is 1.23. The maximum absolute atomic E-state index is 13.1. The van der Waals surface area contributed by atoms with Crippen LogP contribution < -0.4 is 0 Å². The van der Waals surface area contributed by atoms with E-state index >= 15 is 0 Å². The van der Waals surface area contributed by atoms with Crippen LogP contribution in [0.5, 0.6) is 0 Å². The average Bonchev–Trinajstić information content (AvgIpc) is 2.94. The minimum atomic E-state index is -1.97. The Morgan fingerprint density at radius 1 is 1.41 bits per heavy atom. The van der Waals surface area contributed by atoms with Crippen LogP contribution in [0.4, 0.5) is 0 Å². The number of carbonyl (C=O) groups excluding carboxylic acids is 1. The number of nitrogens with zero attached hydrogens (tertiary/aromatic N) is 1. The highest BCUT2D eigenvalue weighted by atomic mass is 32.2. The smallest absolute Gasteiger partial charge is 0.231 e. The highest BCUT2D eigenvalue weighted by Crippen LogP contribution is 2.38. The summed E-state index contributed by atoms with van der Waals surface area (Å²) in [6.45, 7) is 14.9. The van der Waals surface area contributed by atoms with Crippen molar-refractivity contribution in [3.05, 3.63) is 48.6 Å². The van der Waals surface area contributed by atoms with Crippen molar-refractivity contribution in [2.24, 2.45) is 0 Å². The van der Waals surface area contributed by atoms with Crippen molar-refractivity contribution in [2.75, 3.05) is 5.75 Å². The lowest BCUT2D eigenvalue weighted by molar-refractivity contribution is -0.129. The van der Waals surface area contributed by atoms with Crippen LogP contribution in [0.2, 0.25) is 18.1 Å². The molecule has 1 aliphatic rings. The molecule has 1 aliphatic heterocycles. The van der Waals surface area contributed by atoms with E-state index in [1.165, 1.54) is 5.56 Å². The molecule has 0 radical (unpaired) electrons. The van der Waals surface area contributed by atoms with E-state index in [0.717, 1.165) is 12.2 Å². The molecule has 1 fully saturated rings. The molecule has 0 saturated carbocycles. The molecule has 2 atom stereocenters. The molecule has 6 heteroatoms. The quantitative estimate of drug-likeness (QED) is 0.334. The monoisotopic (exact) mass is 421 g/mol. The molecule has 1 saturated heterocycles. The number of thioether (sulfide) groups is 1. The summed E-state index contributed by atoms with van der Waals surface area (Å²) in [5.74, 6) is 0.885. The van der Waals surface area contributed by atoms with Crippen LogP contribution in [0.1, 0.15) is 32.8 Å². The Morgan fingerprint density at radius 3 is 2.59 bits per heavy atom. The van der Waals surface area contributed by atoms with E-state index in [1.54, 1.807) is 22.7 Å². The van der Waals surface area contributed by atoms with Crippen molar-refractivity contribution < 1.29 is 9.22 Å². The van der Waals surface area contributed by atoms with E-state index in [9.17, 15) is 4.79 Å². The molecule has 0 aromatic heterocycles. The van der Waals surface area contributed by atoms with Crippen LogP contribution in [0, 0.1) is 0 Å². The van der Waals surface area contributed by atoms with Crippen molar-refractivity contribution >= 4 is 42.5 Å². The van der Waals surface area contributed by atoms with Crippen LogP contribution in [0.3, 0.4) is 0 Å². The molecule has 0 spiro atoms. The molecule has 1 aromatic rings. The Labute approximate surface area is 174 Å². The van der Waals surface area contributed by atoms with Crippen LogP contribution in [-0.4, -0.2) is 41.3 Å². The summed E-state index contributed by atoms with van der Waals surface area (Å²) in [5, 5.41) is 0.0892. The first-order valence-corrected chi connectivity index (χ1v) is 13.7. The predicted molar refractivity (Wildman–Crippen MR) is 123 cm³/mol. The maximum atomic E-state index is 13.1. The molecule has 27 heavy (non-hydrogen) atoms. The van der Waals surface area contributed by atoms with Gasteiger partial charge in [-0.1, -0.05) is 81.2 Å². The molecule has 148 valence electrons. The summed E-state index contributed by atoms with van der Waals surface area (Å²) >= 11 is 7.07. The van der Waals surface area contributed by atoms with Crippen molar-refractivity contribution in [1.29, 1.82) is 0 Å². The first-order valence-electron chi connectivity index (χ1n) is 9.38. The summed E-state index contributed by atoms with van der Waals surface area (Å²) < 4.78 is 7.07. The Balaban J connectivity index is 2.07. The van der Waals surface area contributed by atoms with Crippen molar-refractivity contribution in [3.63, 3.8) is 0 Å². The van der Waals surface area contributed by atoms with E-state index in [1.807, 2.05) is 18.2 Å². The maximum Gasteiger partial charge on any atom is 0.231 e. The van der Waals surface area contributed by atoms with Crippen LogP contribution >= 0.6 is 24.0 Å². The standard InChI is InChI=1S/C21H31NO2S2Si/c1-7-18(24-27(5,6)21(2,3)4)14-19(23)22-17(15-26-20(22)25)13-16-11-9-8-10-12-16/h7-12,17-18H,1,13-15H2,2-6H3/t17-,18-/m1/s1. The van der Waals surface area contributed by atoms with Crippen LogP contribution in [0.25, 0.3) is 0 Å². The van der Waals surface area contributed by atoms with Gasteiger partial charge in [0, 0.05) is 5.75 Å². The van der Waals surface area contributed by atoms with E-state index in [2.05, 4.69) is 52.6 Å². The van der Waals surface area contributed by atoms with Crippen LogP contribution in [0.15, 0.2) is 43.0 Å². The SMILES string of the molecule is C=C[C@H](CC(=O)N1C(=S)SC[C@H]1Cc1ccccc1)O[Si](C)(C)C(C)(C)C. The summed E-state index contributed by atoms with van der Waals surface area (Å²) in [4.78, 5) is 14.9. The zero-order valence-corrected chi connectivity index (χ0v) is 19.7. The lowest BCUT2D eigenvalue weighted by Crippen LogP contribution is -2.46. The van der Waals surface area contributed by atoms with Gasteiger partial charge in [0.1, 0.15) is 4.32 Å². The lowest BCUT2D eigenvalue weighted by Gasteiger charge is -2.38. The first kappa shape index (κ1) is 22.3. The molecule has 1 amide bonds. The molecule has 3 nitrogen and oxygen atoms in total. The summed E-state index contributed by atoms with van der Waals surface area (Å²) in [6.07, 6.45) is 2.60. The third kappa shape index (κ3) is 5.76. The number of hydrogen-bond donors (Lipinski definition) is 0. The third-order valence-electron chi connectivity index (χ3n) is 5.43. The summed E-state index contributed by atoms with van der Waals surface area (Å²) in [7, 11) is -1.97. The molecule has 1 aromatic carbocycles. The Morgan fingerprint density at radius 2 is 2.04 bits per heavy atom. The number of amides is 1. The minimum absolute atomic E-state index is 0.0366. The molecule has 0 aliphatic carbocycles. The molecule has 2 rings (SSSR count). The zero-order valence-electron chi connectivity index (χ0n) is 17.0. The van der Waals surface area contributed by atoms with E-state index < -0.39 is 8.32 Å². The molecule has 0 N–H and O–H groups in total. The predicted octanol–water partition coefficient (Wildman–Crippen LogP) is 5.42. The molecule has 1 heterocycles. The molecule has 0 bridgehead atoms. The highest BCUT2D eigenvalue weighted by molar-refractivity contribution is 8.23. The number of benzene rings is 1. The zero-order chi connectivity index (χ0) is 20.2. The fraction of sp³-hybridized carbons (Fsp3) is 0.524. The molecular formula is C21H31NO2S2Si. The Bertz CT molecular complexity index is 685. The largest absolute Gasteiger partial charge is 0.410 e. The third-order valence-corrected chi connectivity index (χ3v) is 11.5. The van der Waals surface area contributed by atoms with Gasteiger partial charge in [0.25, 0.3) is 0 Å². The van der Waals surface area contributed by atoms with Gasteiger partial charge in [0.2, 0.25) is 5.91 Å². The molecule has 0 unspecified atom stereocenters. The average molecular weight is 422 g/mol. The Kier molecular flexibility index (Phi) is 7.47. The second kappa shape index (κ2) is 9.03. The van der Waals surface area contributed by atoms with Crippen molar-refractivity contribution in [3.8, 4) is 0 Å². The van der Waals surface area contributed by atoms with E-state index in [-0.39, 0.29) is 23.1 Å². The van der Waals surface area contributed by atoms with Gasteiger partial charge >= 0.3 is 0 Å². The van der Waals surface area contributed by atoms with Crippen molar-refractivity contribution in [2.45, 2.75) is 63.9 Å². The number of thiocarbonyl (C=S) groups is 1. The minimum Gasteiger partial charge on any atom is -0.410 e. The van der Waals surface area contributed by atoms with Gasteiger partial charge in [0.15, 0.2) is 8.32 Å². The number of hydrogen-bond acceptors (Lipinski definition) is 4. The number of rotatable bonds is 7. The van der Waals surface area contributed by atoms with Gasteiger partial charge in [-0.2, -0.15) is 0 Å². The lowest BCUT2D eigenvalue weighted by atomic mass is 10.1. The second-order valence-electron chi connectivity index (χ2n) is 8.54. The normalized spacial score (nSPS) is 19.2. The topological polar surface area (TPSA) is 29.5 Å². The van der Waals surface area contributed by atoms with E-state index in [4.69, 9.17) is 16.6 Å². The van der Waals surface area contributed by atoms with Crippen molar-refractivity contribution in [1.82, 2.24) is 4.90 Å². The fourth-order valence-electron chi connectivity index (χ4n) is 2.80. The van der Waals surface area contributed by atoms with Gasteiger partial charge in [-0.15, -0.1) is 6.58 Å². The second-order valence-corrected chi connectivity index (χ2v) is 15.0. The first-order chi connectivity index (χ1) is 12.5. The van der Waals surface area contributed by atoms with Gasteiger partial charge < -0.3 is 4.43 Å². The molecular weight excluding hydrogens is 390 g/mol. The Hall–Kier alpha value is -0.953. The summed E-state index contributed by atoms with van der Waals surface area (Å²) in [6, 6.07) is 10.4. The fourth-order valence-corrected chi connectivity index (χ4v) is 5.54.